The molecule has 1 saturated carbocycles. The second-order valence-electron chi connectivity index (χ2n) is 9.45. The van der Waals surface area contributed by atoms with Gasteiger partial charge >= 0.3 is 5.97 Å². The molecule has 0 heterocycles. The average molecular weight is 437 g/mol. The van der Waals surface area contributed by atoms with Crippen molar-refractivity contribution in [2.24, 2.45) is 5.92 Å². The SMILES string of the molecule is CC[C@H](CC1CCCCC1)NCc1cc(-c2ccccc2C)c(C(=O)OC)cc1N(C)C. The number of ether oxygens (including phenoxy) is 1. The maximum absolute atomic E-state index is 12.7. The van der Waals surface area contributed by atoms with Crippen molar-refractivity contribution in [3.8, 4) is 11.1 Å². The van der Waals surface area contributed by atoms with Crippen LogP contribution in [0.3, 0.4) is 0 Å². The fourth-order valence-corrected chi connectivity index (χ4v) is 5.04. The molecule has 1 aliphatic carbocycles. The summed E-state index contributed by atoms with van der Waals surface area (Å²) in [6.07, 6.45) is 9.35. The highest BCUT2D eigenvalue weighted by Gasteiger charge is 2.21. The molecule has 0 aromatic heterocycles. The number of carbonyl (C=O) groups is 1. The van der Waals surface area contributed by atoms with Gasteiger partial charge in [-0.2, -0.15) is 0 Å². The third-order valence-electron chi connectivity index (χ3n) is 6.96. The monoisotopic (exact) mass is 436 g/mol. The molecule has 0 unspecified atom stereocenters. The number of rotatable bonds is 9. The van der Waals surface area contributed by atoms with E-state index in [2.05, 4.69) is 42.3 Å². The van der Waals surface area contributed by atoms with Crippen molar-refractivity contribution in [2.45, 2.75) is 71.4 Å². The minimum absolute atomic E-state index is 0.297. The van der Waals surface area contributed by atoms with Crippen molar-refractivity contribution >= 4 is 11.7 Å². The van der Waals surface area contributed by atoms with E-state index >= 15 is 0 Å². The average Bonchev–Trinajstić information content (AvgIpc) is 2.81. The standard InChI is InChI=1S/C28H40N2O2/c1-6-23(16-21-13-8-7-9-14-21)29-19-22-17-25(24-15-11-10-12-20(24)2)26(28(31)32-5)18-27(22)30(3)4/h10-12,15,17-18,21,23,29H,6-9,13-14,16,19H2,1-5H3/t23-/m1/s1. The number of benzene rings is 2. The number of anilines is 1. The Kier molecular flexibility index (Phi) is 8.75. The number of nitrogens with zero attached hydrogens (tertiary/aromatic N) is 1. The number of nitrogens with one attached hydrogen (secondary N) is 1. The van der Waals surface area contributed by atoms with Crippen LogP contribution in [0.4, 0.5) is 5.69 Å². The summed E-state index contributed by atoms with van der Waals surface area (Å²) in [6.45, 7) is 5.16. The Bertz CT molecular complexity index is 900. The summed E-state index contributed by atoms with van der Waals surface area (Å²) in [5.74, 6) is 0.563. The molecule has 1 N–H and O–H groups in total. The molecular weight excluding hydrogens is 396 g/mol. The number of hydrogen-bond acceptors (Lipinski definition) is 4. The van der Waals surface area contributed by atoms with E-state index in [9.17, 15) is 4.79 Å². The topological polar surface area (TPSA) is 41.6 Å². The molecule has 1 fully saturated rings. The maximum atomic E-state index is 12.7. The molecule has 4 nitrogen and oxygen atoms in total. The second-order valence-corrected chi connectivity index (χ2v) is 9.45. The van der Waals surface area contributed by atoms with Gasteiger partial charge in [-0.15, -0.1) is 0 Å². The summed E-state index contributed by atoms with van der Waals surface area (Å²) in [4.78, 5) is 14.8. The van der Waals surface area contributed by atoms with Gasteiger partial charge in [0.2, 0.25) is 0 Å². The van der Waals surface area contributed by atoms with Crippen LogP contribution in [0.1, 0.15) is 73.4 Å². The third kappa shape index (κ3) is 5.92. The summed E-state index contributed by atoms with van der Waals surface area (Å²) >= 11 is 0. The predicted molar refractivity (Wildman–Crippen MR) is 134 cm³/mol. The lowest BCUT2D eigenvalue weighted by Crippen LogP contribution is -2.31. The first kappa shape index (κ1) is 24.3. The van der Waals surface area contributed by atoms with Gasteiger partial charge in [0, 0.05) is 32.4 Å². The predicted octanol–water partition coefficient (Wildman–Crippen LogP) is 6.35. The molecule has 0 aliphatic heterocycles. The van der Waals surface area contributed by atoms with Crippen molar-refractivity contribution in [3.63, 3.8) is 0 Å². The molecule has 0 spiro atoms. The molecule has 0 saturated heterocycles. The Morgan fingerprint density at radius 2 is 1.84 bits per heavy atom. The van der Waals surface area contributed by atoms with Crippen LogP contribution < -0.4 is 10.2 Å². The highest BCUT2D eigenvalue weighted by atomic mass is 16.5. The highest BCUT2D eigenvalue weighted by Crippen LogP contribution is 2.34. The summed E-state index contributed by atoms with van der Waals surface area (Å²) < 4.78 is 5.14. The third-order valence-corrected chi connectivity index (χ3v) is 6.96. The Hall–Kier alpha value is -2.33. The minimum Gasteiger partial charge on any atom is -0.465 e. The summed E-state index contributed by atoms with van der Waals surface area (Å²) in [7, 11) is 5.52. The molecule has 0 bridgehead atoms. The van der Waals surface area contributed by atoms with E-state index in [4.69, 9.17) is 4.74 Å². The molecule has 2 aromatic carbocycles. The van der Waals surface area contributed by atoms with E-state index in [1.165, 1.54) is 51.2 Å². The first-order valence-corrected chi connectivity index (χ1v) is 12.2. The van der Waals surface area contributed by atoms with Crippen LogP contribution in [-0.2, 0) is 11.3 Å². The zero-order valence-corrected chi connectivity index (χ0v) is 20.5. The van der Waals surface area contributed by atoms with Gasteiger partial charge in [-0.05, 0) is 60.1 Å². The zero-order chi connectivity index (χ0) is 23.1. The number of carbonyl (C=O) groups excluding carboxylic acids is 1. The number of esters is 1. The lowest BCUT2D eigenvalue weighted by molar-refractivity contribution is 0.0601. The minimum atomic E-state index is -0.297. The normalized spacial score (nSPS) is 15.4. The molecule has 32 heavy (non-hydrogen) atoms. The van der Waals surface area contributed by atoms with E-state index in [0.717, 1.165) is 41.3 Å². The Morgan fingerprint density at radius 3 is 2.47 bits per heavy atom. The Morgan fingerprint density at radius 1 is 1.12 bits per heavy atom. The molecule has 1 aliphatic rings. The van der Waals surface area contributed by atoms with Crippen LogP contribution in [-0.4, -0.2) is 33.2 Å². The Balaban J connectivity index is 1.92. The fraction of sp³-hybridized carbons (Fsp3) is 0.536. The molecule has 2 aromatic rings. The van der Waals surface area contributed by atoms with E-state index < -0.39 is 0 Å². The lowest BCUT2D eigenvalue weighted by Gasteiger charge is -2.28. The van der Waals surface area contributed by atoms with Gasteiger partial charge in [0.25, 0.3) is 0 Å². The van der Waals surface area contributed by atoms with Crippen molar-refractivity contribution in [1.82, 2.24) is 5.32 Å². The van der Waals surface area contributed by atoms with Gasteiger partial charge in [0.05, 0.1) is 12.7 Å². The van der Waals surface area contributed by atoms with Crippen LogP contribution in [0.5, 0.6) is 0 Å². The van der Waals surface area contributed by atoms with Crippen molar-refractivity contribution in [1.29, 1.82) is 0 Å². The molecular formula is C28H40N2O2. The Labute approximate surface area is 194 Å². The fourth-order valence-electron chi connectivity index (χ4n) is 5.04. The van der Waals surface area contributed by atoms with Gasteiger partial charge < -0.3 is 15.0 Å². The van der Waals surface area contributed by atoms with E-state index in [0.29, 0.717) is 11.6 Å². The summed E-state index contributed by atoms with van der Waals surface area (Å²) in [5, 5.41) is 3.84. The first-order chi connectivity index (χ1) is 15.4. The smallest absolute Gasteiger partial charge is 0.338 e. The maximum Gasteiger partial charge on any atom is 0.338 e. The lowest BCUT2D eigenvalue weighted by atomic mass is 9.84. The zero-order valence-electron chi connectivity index (χ0n) is 20.5. The van der Waals surface area contributed by atoms with E-state index in [1.54, 1.807) is 0 Å². The summed E-state index contributed by atoms with van der Waals surface area (Å²) in [5.41, 5.74) is 6.05. The molecule has 1 atom stereocenters. The van der Waals surface area contributed by atoms with Crippen LogP contribution >= 0.6 is 0 Å². The number of hydrogen-bond donors (Lipinski definition) is 1. The molecule has 0 amide bonds. The van der Waals surface area contributed by atoms with Gasteiger partial charge in [-0.25, -0.2) is 4.79 Å². The van der Waals surface area contributed by atoms with Crippen LogP contribution in [0.2, 0.25) is 0 Å². The molecule has 174 valence electrons. The molecule has 4 heteroatoms. The second kappa shape index (κ2) is 11.5. The molecule has 3 rings (SSSR count). The van der Waals surface area contributed by atoms with E-state index in [-0.39, 0.29) is 5.97 Å². The quantitative estimate of drug-likeness (QED) is 0.465. The number of methoxy groups -OCH3 is 1. The van der Waals surface area contributed by atoms with Gasteiger partial charge in [0.1, 0.15) is 0 Å². The highest BCUT2D eigenvalue weighted by molar-refractivity contribution is 5.99. The van der Waals surface area contributed by atoms with Crippen LogP contribution in [0, 0.1) is 12.8 Å². The van der Waals surface area contributed by atoms with Crippen molar-refractivity contribution in [2.75, 3.05) is 26.1 Å². The largest absolute Gasteiger partial charge is 0.465 e. The van der Waals surface area contributed by atoms with Gasteiger partial charge in [-0.1, -0.05) is 63.3 Å². The van der Waals surface area contributed by atoms with E-state index in [1.807, 2.05) is 32.3 Å². The van der Waals surface area contributed by atoms with Gasteiger partial charge in [0.15, 0.2) is 0 Å². The summed E-state index contributed by atoms with van der Waals surface area (Å²) in [6, 6.07) is 12.9. The molecule has 0 radical (unpaired) electrons. The van der Waals surface area contributed by atoms with Crippen molar-refractivity contribution in [3.05, 3.63) is 53.1 Å². The van der Waals surface area contributed by atoms with Gasteiger partial charge in [-0.3, -0.25) is 0 Å². The number of aryl methyl sites for hydroxylation is 1. The van der Waals surface area contributed by atoms with Crippen LogP contribution in [0.25, 0.3) is 11.1 Å². The van der Waals surface area contributed by atoms with Crippen LogP contribution in [0.15, 0.2) is 36.4 Å². The van der Waals surface area contributed by atoms with Crippen molar-refractivity contribution < 1.29 is 9.53 Å². The first-order valence-electron chi connectivity index (χ1n) is 12.2.